The molecule has 1 amide bonds. The molecule has 2 heterocycles. The van der Waals surface area contributed by atoms with Crippen molar-refractivity contribution in [2.45, 2.75) is 64.0 Å². The fraction of sp³-hybridized carbons (Fsp3) is 0.500. The second-order valence-electron chi connectivity index (χ2n) is 11.4. The molecule has 1 N–H and O–H groups in total. The normalized spacial score (nSPS) is 28.0. The number of nitrogens with zero attached hydrogens (tertiary/aromatic N) is 5. The second kappa shape index (κ2) is 8.84. The Morgan fingerprint density at radius 2 is 1.89 bits per heavy atom. The Morgan fingerprint density at radius 1 is 1.19 bits per heavy atom. The molecule has 2 atom stereocenters. The topological polar surface area (TPSA) is 108 Å². The number of carbonyl (C=O) groups excluding carboxylic acids is 1. The third-order valence-electron chi connectivity index (χ3n) is 8.51. The van der Waals surface area contributed by atoms with Crippen molar-refractivity contribution in [1.29, 1.82) is 0 Å². The number of carbonyl (C=O) groups is 1. The third kappa shape index (κ3) is 4.42. The maximum Gasteiger partial charge on any atom is 0.408 e. The number of rotatable bonds is 7. The molecular formula is C26H28Cl2N6O3. The average molecular weight is 543 g/mol. The summed E-state index contributed by atoms with van der Waals surface area (Å²) in [6, 6.07) is 7.60. The number of nitro groups is 1. The van der Waals surface area contributed by atoms with E-state index in [4.69, 9.17) is 23.2 Å². The van der Waals surface area contributed by atoms with Crippen LogP contribution in [0, 0.1) is 34.3 Å². The lowest BCUT2D eigenvalue weighted by molar-refractivity contribution is -0.389. The second-order valence-corrected chi connectivity index (χ2v) is 12.2. The summed E-state index contributed by atoms with van der Waals surface area (Å²) in [4.78, 5) is 24.2. The van der Waals surface area contributed by atoms with Crippen LogP contribution in [0.1, 0.15) is 56.2 Å². The van der Waals surface area contributed by atoms with E-state index in [1.807, 2.05) is 42.1 Å². The summed E-state index contributed by atoms with van der Waals surface area (Å²) in [6.07, 6.45) is 9.73. The standard InChI is InChI=1S/C26H28Cl2N6O3/c1-16-23(28)24(34(36)37)31-33(16)26-9-18-6-19(10-26)8-25(7-18,15-26)11-22(35)30-21-12-29-32(14-21)13-17-2-4-20(27)5-3-17/h2-5,12,14,18-19H,6-11,13,15H2,1H3,(H,30,35). The molecule has 4 bridgehead atoms. The van der Waals surface area contributed by atoms with Gasteiger partial charge in [0.05, 0.1) is 34.8 Å². The predicted octanol–water partition coefficient (Wildman–Crippen LogP) is 5.98. The van der Waals surface area contributed by atoms with Crippen molar-refractivity contribution in [2.24, 2.45) is 17.3 Å². The van der Waals surface area contributed by atoms with Crippen LogP contribution < -0.4 is 5.32 Å². The molecule has 9 nitrogen and oxygen atoms in total. The number of anilines is 1. The first-order chi connectivity index (χ1) is 17.6. The summed E-state index contributed by atoms with van der Waals surface area (Å²) in [6.45, 7) is 2.39. The molecule has 0 radical (unpaired) electrons. The average Bonchev–Trinajstić information content (AvgIpc) is 3.38. The molecule has 37 heavy (non-hydrogen) atoms. The van der Waals surface area contributed by atoms with Gasteiger partial charge in [0.15, 0.2) is 5.02 Å². The van der Waals surface area contributed by atoms with Gasteiger partial charge in [0, 0.05) is 17.6 Å². The van der Waals surface area contributed by atoms with E-state index >= 15 is 0 Å². The molecule has 4 fully saturated rings. The van der Waals surface area contributed by atoms with Gasteiger partial charge < -0.3 is 15.4 Å². The quantitative estimate of drug-likeness (QED) is 0.292. The Labute approximate surface area is 224 Å². The van der Waals surface area contributed by atoms with Gasteiger partial charge in [0.2, 0.25) is 5.91 Å². The molecule has 0 saturated heterocycles. The SMILES string of the molecule is Cc1c(Cl)c([N+](=O)[O-])nn1C12CC3CC(CC(CC(=O)Nc4cnn(Cc5ccc(Cl)cc5)c4)(C3)C1)C2. The van der Waals surface area contributed by atoms with Gasteiger partial charge in [-0.2, -0.15) is 9.78 Å². The summed E-state index contributed by atoms with van der Waals surface area (Å²) in [7, 11) is 0. The zero-order chi connectivity index (χ0) is 25.9. The lowest BCUT2D eigenvalue weighted by Crippen LogP contribution is -2.57. The third-order valence-corrected chi connectivity index (χ3v) is 9.20. The Bertz CT molecular complexity index is 1370. The summed E-state index contributed by atoms with van der Waals surface area (Å²) >= 11 is 12.3. The van der Waals surface area contributed by atoms with Crippen molar-refractivity contribution in [3.8, 4) is 0 Å². The Balaban J connectivity index is 1.18. The molecule has 4 aliphatic carbocycles. The van der Waals surface area contributed by atoms with Crippen LogP contribution in [0.5, 0.6) is 0 Å². The Hall–Kier alpha value is -2.91. The summed E-state index contributed by atoms with van der Waals surface area (Å²) in [5.41, 5.74) is 1.91. The van der Waals surface area contributed by atoms with Gasteiger partial charge in [-0.05, 0) is 85.3 Å². The highest BCUT2D eigenvalue weighted by molar-refractivity contribution is 6.33. The molecule has 11 heteroatoms. The minimum Gasteiger partial charge on any atom is -0.358 e. The monoisotopic (exact) mass is 542 g/mol. The van der Waals surface area contributed by atoms with Crippen molar-refractivity contribution in [3.63, 3.8) is 0 Å². The fourth-order valence-electron chi connectivity index (χ4n) is 7.74. The van der Waals surface area contributed by atoms with Crippen LogP contribution in [0.3, 0.4) is 0 Å². The Kier molecular flexibility index (Phi) is 5.84. The van der Waals surface area contributed by atoms with Crippen LogP contribution in [-0.4, -0.2) is 30.4 Å². The smallest absolute Gasteiger partial charge is 0.358 e. The van der Waals surface area contributed by atoms with Gasteiger partial charge in [0.1, 0.15) is 0 Å². The molecule has 1 aromatic carbocycles. The van der Waals surface area contributed by atoms with Crippen molar-refractivity contribution < 1.29 is 9.72 Å². The molecule has 7 rings (SSSR count). The number of hydrogen-bond acceptors (Lipinski definition) is 5. The first kappa shape index (κ1) is 24.4. The van der Waals surface area contributed by atoms with Gasteiger partial charge in [-0.25, -0.2) is 0 Å². The van der Waals surface area contributed by atoms with Crippen LogP contribution in [0.4, 0.5) is 11.5 Å². The maximum atomic E-state index is 13.3. The molecule has 3 aromatic rings. The highest BCUT2D eigenvalue weighted by atomic mass is 35.5. The van der Waals surface area contributed by atoms with E-state index < -0.39 is 4.92 Å². The number of halogens is 2. The molecule has 194 valence electrons. The molecule has 2 aromatic heterocycles. The molecule has 0 aliphatic heterocycles. The van der Waals surface area contributed by atoms with E-state index in [2.05, 4.69) is 15.5 Å². The minimum absolute atomic E-state index is 0.0238. The number of benzene rings is 1. The largest absolute Gasteiger partial charge is 0.408 e. The maximum absolute atomic E-state index is 13.3. The predicted molar refractivity (Wildman–Crippen MR) is 140 cm³/mol. The van der Waals surface area contributed by atoms with Crippen molar-refractivity contribution in [1.82, 2.24) is 19.6 Å². The number of hydrogen-bond donors (Lipinski definition) is 1. The molecule has 4 saturated carbocycles. The van der Waals surface area contributed by atoms with Crippen LogP contribution in [0.15, 0.2) is 36.7 Å². The van der Waals surface area contributed by atoms with Gasteiger partial charge >= 0.3 is 5.82 Å². The van der Waals surface area contributed by atoms with E-state index in [0.717, 1.165) is 44.1 Å². The number of amides is 1. The summed E-state index contributed by atoms with van der Waals surface area (Å²) < 4.78 is 3.62. The van der Waals surface area contributed by atoms with E-state index in [9.17, 15) is 14.9 Å². The van der Waals surface area contributed by atoms with Gasteiger partial charge in [-0.3, -0.25) is 9.48 Å². The van der Waals surface area contributed by atoms with E-state index in [1.54, 1.807) is 10.9 Å². The number of aromatic nitrogens is 4. The van der Waals surface area contributed by atoms with Crippen molar-refractivity contribution in [2.75, 3.05) is 5.32 Å². The van der Waals surface area contributed by atoms with E-state index in [0.29, 0.717) is 41.2 Å². The van der Waals surface area contributed by atoms with Gasteiger partial charge in [-0.1, -0.05) is 35.3 Å². The first-order valence-corrected chi connectivity index (χ1v) is 13.4. The molecular weight excluding hydrogens is 515 g/mol. The molecule has 4 aliphatic rings. The van der Waals surface area contributed by atoms with E-state index in [1.165, 1.54) is 0 Å². The van der Waals surface area contributed by atoms with Crippen LogP contribution in [0.2, 0.25) is 10.0 Å². The lowest BCUT2D eigenvalue weighted by Gasteiger charge is -2.61. The van der Waals surface area contributed by atoms with Crippen LogP contribution in [-0.2, 0) is 16.9 Å². The zero-order valence-corrected chi connectivity index (χ0v) is 22.0. The zero-order valence-electron chi connectivity index (χ0n) is 20.5. The van der Waals surface area contributed by atoms with E-state index in [-0.39, 0.29) is 27.7 Å². The highest BCUT2D eigenvalue weighted by Crippen LogP contribution is 2.65. The first-order valence-electron chi connectivity index (χ1n) is 12.6. The fourth-order valence-corrected chi connectivity index (χ4v) is 8.05. The van der Waals surface area contributed by atoms with Crippen LogP contribution >= 0.6 is 23.2 Å². The van der Waals surface area contributed by atoms with Gasteiger partial charge in [0.25, 0.3) is 0 Å². The van der Waals surface area contributed by atoms with Crippen molar-refractivity contribution >= 4 is 40.6 Å². The summed E-state index contributed by atoms with van der Waals surface area (Å²) in [5.74, 6) is 0.664. The molecule has 0 spiro atoms. The summed E-state index contributed by atoms with van der Waals surface area (Å²) in [5, 5.41) is 24.1. The molecule has 2 unspecified atom stereocenters. The van der Waals surface area contributed by atoms with Crippen LogP contribution in [0.25, 0.3) is 0 Å². The van der Waals surface area contributed by atoms with Gasteiger partial charge in [-0.15, -0.1) is 0 Å². The highest BCUT2D eigenvalue weighted by Gasteiger charge is 2.60. The lowest BCUT2D eigenvalue weighted by atomic mass is 9.46. The minimum atomic E-state index is -0.511. The Morgan fingerprint density at radius 3 is 2.54 bits per heavy atom. The van der Waals surface area contributed by atoms with Crippen molar-refractivity contribution in [3.05, 3.63) is 68.1 Å². The number of nitrogens with one attached hydrogen (secondary N) is 1.